The summed E-state index contributed by atoms with van der Waals surface area (Å²) in [6, 6.07) is 19.0. The first-order valence-corrected chi connectivity index (χ1v) is 12.7. The Morgan fingerprint density at radius 3 is 2.59 bits per heavy atom. The molecule has 194 valence electrons. The Kier molecular flexibility index (Phi) is 8.23. The molecule has 2 fully saturated rings. The predicted molar refractivity (Wildman–Crippen MR) is 139 cm³/mol. The molecular formula is C29H33N3O5. The van der Waals surface area contributed by atoms with Crippen molar-refractivity contribution in [2.45, 2.75) is 32.0 Å². The van der Waals surface area contributed by atoms with E-state index in [9.17, 15) is 9.90 Å². The number of morpholine rings is 1. The summed E-state index contributed by atoms with van der Waals surface area (Å²) in [7, 11) is 0. The lowest BCUT2D eigenvalue weighted by molar-refractivity contribution is -0.277. The van der Waals surface area contributed by atoms with Gasteiger partial charge in [-0.3, -0.25) is 14.7 Å². The lowest BCUT2D eigenvalue weighted by atomic mass is 9.90. The van der Waals surface area contributed by atoms with Gasteiger partial charge in [0.1, 0.15) is 0 Å². The Labute approximate surface area is 217 Å². The maximum absolute atomic E-state index is 12.7. The van der Waals surface area contributed by atoms with Crippen molar-refractivity contribution in [1.82, 2.24) is 9.88 Å². The molecule has 0 spiro atoms. The average molecular weight is 504 g/mol. The van der Waals surface area contributed by atoms with E-state index >= 15 is 0 Å². The van der Waals surface area contributed by atoms with Crippen LogP contribution < -0.4 is 5.32 Å². The number of aliphatic hydroxyl groups is 1. The minimum atomic E-state index is -0.597. The Hall–Kier alpha value is -3.14. The number of aliphatic hydroxyl groups excluding tert-OH is 1. The number of rotatable bonds is 7. The maximum Gasteiger partial charge on any atom is 0.257 e. The van der Waals surface area contributed by atoms with Crippen LogP contribution in [-0.2, 0) is 20.8 Å². The lowest BCUT2D eigenvalue weighted by Crippen LogP contribution is -2.47. The summed E-state index contributed by atoms with van der Waals surface area (Å²) in [4.78, 5) is 19.1. The van der Waals surface area contributed by atoms with Crippen LogP contribution in [0.4, 0.5) is 5.69 Å². The van der Waals surface area contributed by atoms with E-state index in [2.05, 4.69) is 22.1 Å². The molecule has 3 aromatic rings. The number of benzene rings is 2. The van der Waals surface area contributed by atoms with Gasteiger partial charge in [0.25, 0.3) is 5.91 Å². The highest BCUT2D eigenvalue weighted by molar-refractivity contribution is 6.04. The molecule has 0 aliphatic carbocycles. The summed E-state index contributed by atoms with van der Waals surface area (Å²) in [6.07, 6.45) is 2.33. The molecule has 2 aliphatic heterocycles. The van der Waals surface area contributed by atoms with Crippen molar-refractivity contribution in [2.75, 3.05) is 38.2 Å². The maximum atomic E-state index is 12.7. The summed E-state index contributed by atoms with van der Waals surface area (Å²) in [5.41, 5.74) is 3.89. The number of carbonyl (C=O) groups excluding carboxylic acids is 1. The molecule has 37 heavy (non-hydrogen) atoms. The van der Waals surface area contributed by atoms with Crippen LogP contribution in [0.2, 0.25) is 0 Å². The summed E-state index contributed by atoms with van der Waals surface area (Å²) < 4.78 is 18.6. The smallest absolute Gasteiger partial charge is 0.257 e. The summed E-state index contributed by atoms with van der Waals surface area (Å²) in [5.74, 6) is -0.121. The number of anilines is 1. The van der Waals surface area contributed by atoms with Crippen molar-refractivity contribution in [3.63, 3.8) is 0 Å². The van der Waals surface area contributed by atoms with E-state index in [0.717, 1.165) is 49.5 Å². The highest BCUT2D eigenvalue weighted by Crippen LogP contribution is 2.42. The van der Waals surface area contributed by atoms with Crippen LogP contribution in [0.3, 0.4) is 0 Å². The molecule has 5 rings (SSSR count). The van der Waals surface area contributed by atoms with Crippen molar-refractivity contribution in [3.05, 3.63) is 95.3 Å². The fourth-order valence-corrected chi connectivity index (χ4v) is 4.83. The molecule has 1 aromatic heterocycles. The van der Waals surface area contributed by atoms with Gasteiger partial charge in [0.15, 0.2) is 6.29 Å². The second kappa shape index (κ2) is 11.9. The molecule has 0 bridgehead atoms. The van der Waals surface area contributed by atoms with E-state index in [1.54, 1.807) is 18.3 Å². The molecular weight excluding hydrogens is 470 g/mol. The van der Waals surface area contributed by atoms with Crippen LogP contribution in [0.25, 0.3) is 0 Å². The fourth-order valence-electron chi connectivity index (χ4n) is 4.83. The van der Waals surface area contributed by atoms with Crippen molar-refractivity contribution in [3.8, 4) is 0 Å². The SMILES string of the molecule is CC1C(CN2CCOCC2)OC(c2cccc(NC(=O)c3cccnc3)c2)OC1c1ccc(CO)cc1. The van der Waals surface area contributed by atoms with Gasteiger partial charge in [0.2, 0.25) is 0 Å². The topological polar surface area (TPSA) is 93.2 Å². The Morgan fingerprint density at radius 2 is 1.86 bits per heavy atom. The van der Waals surface area contributed by atoms with Crippen LogP contribution in [0, 0.1) is 5.92 Å². The van der Waals surface area contributed by atoms with Gasteiger partial charge in [-0.25, -0.2) is 0 Å². The van der Waals surface area contributed by atoms with Crippen LogP contribution in [0.5, 0.6) is 0 Å². The van der Waals surface area contributed by atoms with Gasteiger partial charge in [-0.1, -0.05) is 43.3 Å². The summed E-state index contributed by atoms with van der Waals surface area (Å²) in [6.45, 7) is 6.17. The zero-order valence-corrected chi connectivity index (χ0v) is 21.0. The van der Waals surface area contributed by atoms with Gasteiger partial charge in [0, 0.05) is 49.2 Å². The number of hydrogen-bond donors (Lipinski definition) is 2. The zero-order chi connectivity index (χ0) is 25.6. The van der Waals surface area contributed by atoms with Gasteiger partial charge in [-0.05, 0) is 35.4 Å². The second-order valence-corrected chi connectivity index (χ2v) is 9.56. The minimum absolute atomic E-state index is 0.00427. The number of ether oxygens (including phenoxy) is 3. The standard InChI is InChI=1S/C29H33N3O5/c1-20-26(18-32-12-14-35-15-13-32)36-29(37-27(20)22-9-7-21(19-33)8-10-22)23-4-2-6-25(16-23)31-28(34)24-5-3-11-30-17-24/h2-11,16-17,20,26-27,29,33H,12-15,18-19H2,1H3,(H,31,34). The highest BCUT2D eigenvalue weighted by atomic mass is 16.7. The third kappa shape index (κ3) is 6.23. The van der Waals surface area contributed by atoms with E-state index in [0.29, 0.717) is 11.3 Å². The molecule has 4 atom stereocenters. The Balaban J connectivity index is 1.38. The third-order valence-electron chi connectivity index (χ3n) is 7.01. The van der Waals surface area contributed by atoms with Crippen molar-refractivity contribution >= 4 is 11.6 Å². The quantitative estimate of drug-likeness (QED) is 0.504. The number of amides is 1. The molecule has 2 aliphatic rings. The van der Waals surface area contributed by atoms with Gasteiger partial charge < -0.3 is 24.6 Å². The second-order valence-electron chi connectivity index (χ2n) is 9.56. The van der Waals surface area contributed by atoms with Crippen LogP contribution in [0.15, 0.2) is 73.1 Å². The zero-order valence-electron chi connectivity index (χ0n) is 21.0. The van der Waals surface area contributed by atoms with E-state index in [-0.39, 0.29) is 30.6 Å². The van der Waals surface area contributed by atoms with E-state index in [4.69, 9.17) is 14.2 Å². The molecule has 2 aromatic carbocycles. The summed E-state index contributed by atoms with van der Waals surface area (Å²) in [5, 5.41) is 12.4. The normalized spacial score (nSPS) is 24.5. The molecule has 4 unspecified atom stereocenters. The van der Waals surface area contributed by atoms with Gasteiger partial charge in [-0.2, -0.15) is 0 Å². The molecule has 0 radical (unpaired) electrons. The summed E-state index contributed by atoms with van der Waals surface area (Å²) >= 11 is 0. The molecule has 8 heteroatoms. The Morgan fingerprint density at radius 1 is 1.05 bits per heavy atom. The van der Waals surface area contributed by atoms with Crippen molar-refractivity contribution in [1.29, 1.82) is 0 Å². The first kappa shape index (κ1) is 25.5. The number of nitrogens with zero attached hydrogens (tertiary/aromatic N) is 2. The number of hydrogen-bond acceptors (Lipinski definition) is 7. The number of nitrogens with one attached hydrogen (secondary N) is 1. The average Bonchev–Trinajstić information content (AvgIpc) is 2.95. The predicted octanol–water partition coefficient (Wildman–Crippen LogP) is 3.95. The molecule has 2 N–H and O–H groups in total. The van der Waals surface area contributed by atoms with E-state index in [1.807, 2.05) is 48.5 Å². The van der Waals surface area contributed by atoms with Gasteiger partial charge in [-0.15, -0.1) is 0 Å². The van der Waals surface area contributed by atoms with Gasteiger partial charge in [0.05, 0.1) is 37.6 Å². The lowest BCUT2D eigenvalue weighted by Gasteiger charge is -2.43. The number of carbonyl (C=O) groups is 1. The van der Waals surface area contributed by atoms with Crippen LogP contribution in [-0.4, -0.2) is 59.8 Å². The molecule has 8 nitrogen and oxygen atoms in total. The fraction of sp³-hybridized carbons (Fsp3) is 0.379. The molecule has 3 heterocycles. The molecule has 1 amide bonds. The number of aromatic nitrogens is 1. The monoisotopic (exact) mass is 503 g/mol. The number of pyridine rings is 1. The van der Waals surface area contributed by atoms with Crippen LogP contribution >= 0.6 is 0 Å². The van der Waals surface area contributed by atoms with E-state index in [1.165, 1.54) is 6.20 Å². The van der Waals surface area contributed by atoms with E-state index < -0.39 is 6.29 Å². The minimum Gasteiger partial charge on any atom is -0.392 e. The van der Waals surface area contributed by atoms with Gasteiger partial charge >= 0.3 is 0 Å². The third-order valence-corrected chi connectivity index (χ3v) is 7.01. The first-order valence-electron chi connectivity index (χ1n) is 12.7. The Bertz CT molecular complexity index is 1170. The molecule has 2 saturated heterocycles. The highest BCUT2D eigenvalue weighted by Gasteiger charge is 2.39. The van der Waals surface area contributed by atoms with Crippen molar-refractivity contribution in [2.24, 2.45) is 5.92 Å². The first-order chi connectivity index (χ1) is 18.1. The largest absolute Gasteiger partial charge is 0.392 e. The van der Waals surface area contributed by atoms with Crippen molar-refractivity contribution < 1.29 is 24.1 Å². The molecule has 0 saturated carbocycles. The van der Waals surface area contributed by atoms with Crippen LogP contribution in [0.1, 0.15) is 46.4 Å².